The fourth-order valence-corrected chi connectivity index (χ4v) is 4.11. The molecule has 1 aliphatic rings. The zero-order chi connectivity index (χ0) is 11.5. The Hall–Kier alpha value is -0.190. The van der Waals surface area contributed by atoms with Crippen molar-refractivity contribution in [2.24, 2.45) is 5.92 Å². The average Bonchev–Trinajstić information content (AvgIpc) is 2.40. The van der Waals surface area contributed by atoms with Gasteiger partial charge in [0.25, 0.3) is 0 Å². The molecule has 0 saturated carbocycles. The molecule has 1 heterocycles. The molecule has 1 fully saturated rings. The molecule has 1 aliphatic heterocycles. The summed E-state index contributed by atoms with van der Waals surface area (Å²) < 4.78 is 12.9. The van der Waals surface area contributed by atoms with E-state index in [0.29, 0.717) is 11.7 Å². The highest BCUT2D eigenvalue weighted by molar-refractivity contribution is 9.10. The molecule has 0 aromatic heterocycles. The van der Waals surface area contributed by atoms with Gasteiger partial charge in [-0.3, -0.25) is 4.21 Å². The SMILES string of the molecule is CC1CNC(c2ccccc2Br)CS(=O)C1. The van der Waals surface area contributed by atoms with Crippen molar-refractivity contribution in [3.63, 3.8) is 0 Å². The van der Waals surface area contributed by atoms with Crippen molar-refractivity contribution in [3.05, 3.63) is 34.3 Å². The van der Waals surface area contributed by atoms with Gasteiger partial charge in [-0.2, -0.15) is 0 Å². The maximum Gasteiger partial charge on any atom is 0.0448 e. The molecule has 3 unspecified atom stereocenters. The van der Waals surface area contributed by atoms with Crippen LogP contribution in [0.2, 0.25) is 0 Å². The van der Waals surface area contributed by atoms with Gasteiger partial charge in [-0.15, -0.1) is 0 Å². The second kappa shape index (κ2) is 5.43. The van der Waals surface area contributed by atoms with E-state index in [4.69, 9.17) is 0 Å². The van der Waals surface area contributed by atoms with Gasteiger partial charge < -0.3 is 5.32 Å². The molecular formula is C12H16BrNOS. The van der Waals surface area contributed by atoms with Crippen molar-refractivity contribution in [3.8, 4) is 0 Å². The van der Waals surface area contributed by atoms with Crippen molar-refractivity contribution >= 4 is 26.7 Å². The summed E-state index contributed by atoms with van der Waals surface area (Å²) in [4.78, 5) is 0. The molecule has 2 nitrogen and oxygen atoms in total. The van der Waals surface area contributed by atoms with Crippen LogP contribution in [0.4, 0.5) is 0 Å². The minimum atomic E-state index is -0.710. The van der Waals surface area contributed by atoms with Gasteiger partial charge in [-0.25, -0.2) is 0 Å². The molecule has 1 aromatic carbocycles. The van der Waals surface area contributed by atoms with Gasteiger partial charge in [0.2, 0.25) is 0 Å². The third-order valence-corrected chi connectivity index (χ3v) is 5.18. The van der Waals surface area contributed by atoms with Crippen LogP contribution < -0.4 is 5.32 Å². The summed E-state index contributed by atoms with van der Waals surface area (Å²) in [5.41, 5.74) is 1.21. The van der Waals surface area contributed by atoms with Crippen molar-refractivity contribution in [2.75, 3.05) is 18.1 Å². The van der Waals surface area contributed by atoms with Crippen molar-refractivity contribution in [1.82, 2.24) is 5.32 Å². The summed E-state index contributed by atoms with van der Waals surface area (Å²) in [6, 6.07) is 8.37. The maximum atomic E-state index is 11.8. The minimum Gasteiger partial charge on any atom is -0.309 e. The standard InChI is InChI=1S/C12H16BrNOS/c1-9-6-14-12(8-16(15)7-9)10-4-2-3-5-11(10)13/h2-5,9,12,14H,6-8H2,1H3. The van der Waals surface area contributed by atoms with E-state index in [1.165, 1.54) is 5.56 Å². The lowest BCUT2D eigenvalue weighted by atomic mass is 10.1. The molecule has 16 heavy (non-hydrogen) atoms. The summed E-state index contributed by atoms with van der Waals surface area (Å²) in [5, 5.41) is 3.50. The molecule has 0 aliphatic carbocycles. The molecule has 1 aromatic rings. The van der Waals surface area contributed by atoms with E-state index in [9.17, 15) is 4.21 Å². The van der Waals surface area contributed by atoms with E-state index >= 15 is 0 Å². The molecule has 0 amide bonds. The molecule has 0 radical (unpaired) electrons. The summed E-state index contributed by atoms with van der Waals surface area (Å²) in [7, 11) is -0.710. The Kier molecular flexibility index (Phi) is 4.16. The molecule has 1 saturated heterocycles. The topological polar surface area (TPSA) is 29.1 Å². The van der Waals surface area contributed by atoms with E-state index in [1.807, 2.05) is 18.2 Å². The highest BCUT2D eigenvalue weighted by atomic mass is 79.9. The molecule has 0 spiro atoms. The predicted molar refractivity (Wildman–Crippen MR) is 71.9 cm³/mol. The minimum absolute atomic E-state index is 0.210. The predicted octanol–water partition coefficient (Wildman–Crippen LogP) is 2.48. The lowest BCUT2D eigenvalue weighted by Gasteiger charge is -2.17. The van der Waals surface area contributed by atoms with Gasteiger partial charge in [-0.05, 0) is 24.1 Å². The molecule has 2 rings (SSSR count). The second-order valence-corrected chi connectivity index (χ2v) is 6.76. The second-order valence-electron chi connectivity index (χ2n) is 4.36. The van der Waals surface area contributed by atoms with Crippen LogP contribution in [0.3, 0.4) is 0 Å². The van der Waals surface area contributed by atoms with Gasteiger partial charge in [0.15, 0.2) is 0 Å². The van der Waals surface area contributed by atoms with Crippen molar-refractivity contribution < 1.29 is 4.21 Å². The fraction of sp³-hybridized carbons (Fsp3) is 0.500. The molecule has 88 valence electrons. The van der Waals surface area contributed by atoms with Crippen molar-refractivity contribution in [2.45, 2.75) is 13.0 Å². The first kappa shape index (κ1) is 12.3. The Morgan fingerprint density at radius 3 is 2.88 bits per heavy atom. The van der Waals surface area contributed by atoms with Crippen LogP contribution in [0.15, 0.2) is 28.7 Å². The van der Waals surface area contributed by atoms with Crippen LogP contribution in [-0.4, -0.2) is 22.3 Å². The van der Waals surface area contributed by atoms with Crippen LogP contribution in [0, 0.1) is 5.92 Å². The van der Waals surface area contributed by atoms with E-state index < -0.39 is 10.8 Å². The molecule has 3 atom stereocenters. The van der Waals surface area contributed by atoms with Gasteiger partial charge in [-0.1, -0.05) is 41.1 Å². The van der Waals surface area contributed by atoms with Crippen LogP contribution in [0.25, 0.3) is 0 Å². The van der Waals surface area contributed by atoms with E-state index in [0.717, 1.165) is 16.8 Å². The third kappa shape index (κ3) is 2.93. The molecular weight excluding hydrogens is 286 g/mol. The summed E-state index contributed by atoms with van der Waals surface area (Å²) in [6.45, 7) is 3.09. The summed E-state index contributed by atoms with van der Waals surface area (Å²) in [6.07, 6.45) is 0. The number of halogens is 1. The molecule has 0 bridgehead atoms. The van der Waals surface area contributed by atoms with Gasteiger partial charge in [0.1, 0.15) is 0 Å². The zero-order valence-corrected chi connectivity index (χ0v) is 11.7. The molecule has 1 N–H and O–H groups in total. The van der Waals surface area contributed by atoms with E-state index in [1.54, 1.807) is 0 Å². The monoisotopic (exact) mass is 301 g/mol. The van der Waals surface area contributed by atoms with Crippen LogP contribution >= 0.6 is 15.9 Å². The number of nitrogens with one attached hydrogen (secondary N) is 1. The van der Waals surface area contributed by atoms with E-state index in [-0.39, 0.29) is 6.04 Å². The largest absolute Gasteiger partial charge is 0.309 e. The normalized spacial score (nSPS) is 31.0. The van der Waals surface area contributed by atoms with Crippen LogP contribution in [0.1, 0.15) is 18.5 Å². The van der Waals surface area contributed by atoms with Gasteiger partial charge in [0, 0.05) is 32.8 Å². The first-order chi connectivity index (χ1) is 7.66. The fourth-order valence-electron chi connectivity index (χ4n) is 1.99. The quantitative estimate of drug-likeness (QED) is 0.863. The number of rotatable bonds is 1. The highest BCUT2D eigenvalue weighted by Gasteiger charge is 2.22. The Labute approximate surface area is 107 Å². The van der Waals surface area contributed by atoms with E-state index in [2.05, 4.69) is 34.2 Å². The smallest absolute Gasteiger partial charge is 0.0448 e. The Morgan fingerprint density at radius 1 is 1.38 bits per heavy atom. The highest BCUT2D eigenvalue weighted by Crippen LogP contribution is 2.25. The number of benzene rings is 1. The van der Waals surface area contributed by atoms with Crippen molar-refractivity contribution in [1.29, 1.82) is 0 Å². The third-order valence-electron chi connectivity index (χ3n) is 2.82. The average molecular weight is 302 g/mol. The first-order valence-corrected chi connectivity index (χ1v) is 7.77. The Morgan fingerprint density at radius 2 is 2.12 bits per heavy atom. The molecule has 4 heteroatoms. The zero-order valence-electron chi connectivity index (χ0n) is 9.28. The Balaban J connectivity index is 2.21. The summed E-state index contributed by atoms with van der Waals surface area (Å²) >= 11 is 3.55. The van der Waals surface area contributed by atoms with Crippen LogP contribution in [-0.2, 0) is 10.8 Å². The summed E-state index contributed by atoms with van der Waals surface area (Å²) in [5.74, 6) is 2.02. The van der Waals surface area contributed by atoms with Gasteiger partial charge in [0.05, 0.1) is 0 Å². The lowest BCUT2D eigenvalue weighted by Crippen LogP contribution is -2.26. The number of hydrogen-bond donors (Lipinski definition) is 1. The number of hydrogen-bond acceptors (Lipinski definition) is 2. The maximum absolute atomic E-state index is 11.8. The lowest BCUT2D eigenvalue weighted by molar-refractivity contribution is 0.516. The van der Waals surface area contributed by atoms with Crippen LogP contribution in [0.5, 0.6) is 0 Å². The first-order valence-electron chi connectivity index (χ1n) is 5.49. The Bertz CT molecular complexity index is 396. The van der Waals surface area contributed by atoms with Gasteiger partial charge >= 0.3 is 0 Å².